The standard InChI is InChI=1S/C12H20N2O3/c1-9(8-10-13-6-7-16-10)14(5)11(15)17-12(2,3)4/h6-7,9H,8H2,1-5H3. The van der Waals surface area contributed by atoms with Crippen molar-refractivity contribution in [2.75, 3.05) is 7.05 Å². The van der Waals surface area contributed by atoms with Crippen LogP contribution in [0.2, 0.25) is 0 Å². The van der Waals surface area contributed by atoms with E-state index in [1.54, 1.807) is 18.1 Å². The molecule has 1 rings (SSSR count). The molecular weight excluding hydrogens is 220 g/mol. The number of hydrogen-bond donors (Lipinski definition) is 0. The number of aromatic nitrogens is 1. The van der Waals surface area contributed by atoms with Gasteiger partial charge in [-0.05, 0) is 27.7 Å². The molecule has 1 atom stereocenters. The van der Waals surface area contributed by atoms with Crippen LogP contribution in [-0.2, 0) is 11.2 Å². The van der Waals surface area contributed by atoms with Crippen molar-refractivity contribution < 1.29 is 13.9 Å². The number of oxazole rings is 1. The van der Waals surface area contributed by atoms with E-state index in [1.807, 2.05) is 27.7 Å². The predicted octanol–water partition coefficient (Wildman–Crippen LogP) is 2.47. The number of carbonyl (C=O) groups excluding carboxylic acids is 1. The Hall–Kier alpha value is -1.52. The van der Waals surface area contributed by atoms with Gasteiger partial charge in [-0.1, -0.05) is 0 Å². The monoisotopic (exact) mass is 240 g/mol. The van der Waals surface area contributed by atoms with Crippen molar-refractivity contribution in [1.82, 2.24) is 9.88 Å². The van der Waals surface area contributed by atoms with Gasteiger partial charge in [-0.3, -0.25) is 0 Å². The first kappa shape index (κ1) is 13.5. The van der Waals surface area contributed by atoms with Crippen molar-refractivity contribution in [2.45, 2.75) is 45.8 Å². The summed E-state index contributed by atoms with van der Waals surface area (Å²) in [6.07, 6.45) is 3.35. The van der Waals surface area contributed by atoms with Gasteiger partial charge in [0.1, 0.15) is 11.9 Å². The Morgan fingerprint density at radius 1 is 1.59 bits per heavy atom. The van der Waals surface area contributed by atoms with Gasteiger partial charge < -0.3 is 14.1 Å². The fourth-order valence-electron chi connectivity index (χ4n) is 1.26. The minimum Gasteiger partial charge on any atom is -0.449 e. The fourth-order valence-corrected chi connectivity index (χ4v) is 1.26. The smallest absolute Gasteiger partial charge is 0.410 e. The van der Waals surface area contributed by atoms with Crippen LogP contribution in [0.4, 0.5) is 4.79 Å². The average Bonchev–Trinajstić information content (AvgIpc) is 2.66. The molecular formula is C12H20N2O3. The zero-order valence-corrected chi connectivity index (χ0v) is 11.1. The van der Waals surface area contributed by atoms with E-state index in [0.717, 1.165) is 0 Å². The molecule has 0 bridgehead atoms. The van der Waals surface area contributed by atoms with Crippen molar-refractivity contribution in [3.8, 4) is 0 Å². The number of amides is 1. The average molecular weight is 240 g/mol. The van der Waals surface area contributed by atoms with Gasteiger partial charge in [0.15, 0.2) is 5.89 Å². The molecule has 0 aromatic carbocycles. The van der Waals surface area contributed by atoms with Crippen molar-refractivity contribution in [3.05, 3.63) is 18.4 Å². The highest BCUT2D eigenvalue weighted by molar-refractivity contribution is 5.68. The molecule has 96 valence electrons. The van der Waals surface area contributed by atoms with Gasteiger partial charge in [0.25, 0.3) is 0 Å². The summed E-state index contributed by atoms with van der Waals surface area (Å²) in [6.45, 7) is 7.46. The normalized spacial score (nSPS) is 13.2. The molecule has 5 nitrogen and oxygen atoms in total. The number of likely N-dealkylation sites (N-methyl/N-ethyl adjacent to an activating group) is 1. The molecule has 0 N–H and O–H groups in total. The Morgan fingerprint density at radius 2 is 2.24 bits per heavy atom. The molecule has 1 aromatic heterocycles. The summed E-state index contributed by atoms with van der Waals surface area (Å²) in [5.74, 6) is 0.618. The van der Waals surface area contributed by atoms with E-state index in [1.165, 1.54) is 6.26 Å². The molecule has 0 aliphatic carbocycles. The molecule has 0 saturated heterocycles. The van der Waals surface area contributed by atoms with Crippen molar-refractivity contribution >= 4 is 6.09 Å². The summed E-state index contributed by atoms with van der Waals surface area (Å²) in [5.41, 5.74) is -0.478. The van der Waals surface area contributed by atoms with Gasteiger partial charge in [0.2, 0.25) is 0 Å². The number of hydrogen-bond acceptors (Lipinski definition) is 4. The van der Waals surface area contributed by atoms with Crippen LogP contribution < -0.4 is 0 Å². The first-order valence-corrected chi connectivity index (χ1v) is 5.64. The van der Waals surface area contributed by atoms with E-state index in [-0.39, 0.29) is 12.1 Å². The van der Waals surface area contributed by atoms with Crippen molar-refractivity contribution in [2.24, 2.45) is 0 Å². The maximum atomic E-state index is 11.8. The lowest BCUT2D eigenvalue weighted by atomic mass is 10.2. The van der Waals surface area contributed by atoms with E-state index in [9.17, 15) is 4.79 Å². The van der Waals surface area contributed by atoms with E-state index in [0.29, 0.717) is 12.3 Å². The molecule has 0 fully saturated rings. The SMILES string of the molecule is CC(Cc1ncco1)N(C)C(=O)OC(C)(C)C. The summed E-state index contributed by atoms with van der Waals surface area (Å²) in [5, 5.41) is 0. The van der Waals surface area contributed by atoms with Crippen molar-refractivity contribution in [3.63, 3.8) is 0 Å². The Balaban J connectivity index is 2.51. The van der Waals surface area contributed by atoms with Crippen LogP contribution in [0, 0.1) is 0 Å². The van der Waals surface area contributed by atoms with Crippen LogP contribution in [0.15, 0.2) is 16.9 Å². The summed E-state index contributed by atoms with van der Waals surface area (Å²) in [4.78, 5) is 17.4. The van der Waals surface area contributed by atoms with Crippen molar-refractivity contribution in [1.29, 1.82) is 0 Å². The lowest BCUT2D eigenvalue weighted by Gasteiger charge is -2.28. The van der Waals surface area contributed by atoms with E-state index in [2.05, 4.69) is 4.98 Å². The second-order valence-electron chi connectivity index (χ2n) is 5.07. The molecule has 0 aliphatic rings. The van der Waals surface area contributed by atoms with Crippen LogP contribution in [0.25, 0.3) is 0 Å². The Morgan fingerprint density at radius 3 is 2.71 bits per heavy atom. The Kier molecular flexibility index (Phi) is 4.15. The first-order valence-electron chi connectivity index (χ1n) is 5.64. The van der Waals surface area contributed by atoms with Gasteiger partial charge in [-0.15, -0.1) is 0 Å². The molecule has 0 radical (unpaired) electrons. The second kappa shape index (κ2) is 5.21. The Labute approximate surface area is 102 Å². The van der Waals surface area contributed by atoms with Gasteiger partial charge in [-0.2, -0.15) is 0 Å². The molecule has 1 aromatic rings. The molecule has 5 heteroatoms. The largest absolute Gasteiger partial charge is 0.449 e. The third-order valence-corrected chi connectivity index (χ3v) is 2.30. The van der Waals surface area contributed by atoms with Gasteiger partial charge in [0, 0.05) is 19.5 Å². The second-order valence-corrected chi connectivity index (χ2v) is 5.07. The van der Waals surface area contributed by atoms with Gasteiger partial charge in [0.05, 0.1) is 6.20 Å². The maximum Gasteiger partial charge on any atom is 0.410 e. The van der Waals surface area contributed by atoms with Crippen LogP contribution >= 0.6 is 0 Å². The van der Waals surface area contributed by atoms with Crippen LogP contribution in [0.1, 0.15) is 33.6 Å². The maximum absolute atomic E-state index is 11.8. The minimum atomic E-state index is -0.478. The first-order chi connectivity index (χ1) is 7.79. The number of rotatable bonds is 3. The summed E-state index contributed by atoms with van der Waals surface area (Å²) >= 11 is 0. The van der Waals surface area contributed by atoms with Crippen LogP contribution in [0.3, 0.4) is 0 Å². The molecule has 0 saturated carbocycles. The summed E-state index contributed by atoms with van der Waals surface area (Å²) in [6, 6.07) is -0.0245. The molecule has 0 aliphatic heterocycles. The van der Waals surface area contributed by atoms with Crippen LogP contribution in [0.5, 0.6) is 0 Å². The lowest BCUT2D eigenvalue weighted by Crippen LogP contribution is -2.40. The van der Waals surface area contributed by atoms with E-state index < -0.39 is 5.60 Å². The molecule has 17 heavy (non-hydrogen) atoms. The lowest BCUT2D eigenvalue weighted by molar-refractivity contribution is 0.0232. The van der Waals surface area contributed by atoms with E-state index >= 15 is 0 Å². The summed E-state index contributed by atoms with van der Waals surface area (Å²) < 4.78 is 10.4. The zero-order chi connectivity index (χ0) is 13.1. The summed E-state index contributed by atoms with van der Waals surface area (Å²) in [7, 11) is 1.71. The molecule has 1 heterocycles. The van der Waals surface area contributed by atoms with E-state index in [4.69, 9.17) is 9.15 Å². The highest BCUT2D eigenvalue weighted by Gasteiger charge is 2.23. The number of carbonyl (C=O) groups is 1. The number of nitrogens with zero attached hydrogens (tertiary/aromatic N) is 2. The van der Waals surface area contributed by atoms with Gasteiger partial charge >= 0.3 is 6.09 Å². The topological polar surface area (TPSA) is 55.6 Å². The third-order valence-electron chi connectivity index (χ3n) is 2.30. The zero-order valence-electron chi connectivity index (χ0n) is 11.1. The molecule has 0 spiro atoms. The molecule has 1 amide bonds. The predicted molar refractivity (Wildman–Crippen MR) is 63.7 cm³/mol. The third kappa shape index (κ3) is 4.46. The quantitative estimate of drug-likeness (QED) is 0.814. The highest BCUT2D eigenvalue weighted by Crippen LogP contribution is 2.12. The minimum absolute atomic E-state index is 0.0245. The molecule has 1 unspecified atom stereocenters. The van der Waals surface area contributed by atoms with Crippen LogP contribution in [-0.4, -0.2) is 34.7 Å². The van der Waals surface area contributed by atoms with Gasteiger partial charge in [-0.25, -0.2) is 9.78 Å². The number of ether oxygens (including phenoxy) is 1. The highest BCUT2D eigenvalue weighted by atomic mass is 16.6. The fraction of sp³-hybridized carbons (Fsp3) is 0.667. The Bertz CT molecular complexity index is 354.